The molecule has 3 aromatic rings. The first-order valence-corrected chi connectivity index (χ1v) is 9.74. The Labute approximate surface area is 163 Å². The Morgan fingerprint density at radius 2 is 2.12 bits per heavy atom. The summed E-state index contributed by atoms with van der Waals surface area (Å²) in [5.41, 5.74) is 0.242. The van der Waals surface area contributed by atoms with Crippen LogP contribution in [-0.4, -0.2) is 15.8 Å². The van der Waals surface area contributed by atoms with Crippen molar-refractivity contribution in [3.8, 4) is 5.88 Å². The van der Waals surface area contributed by atoms with Crippen molar-refractivity contribution >= 4 is 43.3 Å². The van der Waals surface area contributed by atoms with Crippen LogP contribution in [0.25, 0.3) is 10.2 Å². The van der Waals surface area contributed by atoms with Crippen LogP contribution < -0.4 is 4.74 Å². The zero-order valence-electron chi connectivity index (χ0n) is 14.0. The number of ether oxygens (including phenoxy) is 1. The van der Waals surface area contributed by atoms with Gasteiger partial charge in [0.25, 0.3) is 0 Å². The Hall–Kier alpha value is -2.31. The molecule has 130 valence electrons. The van der Waals surface area contributed by atoms with Gasteiger partial charge in [0.15, 0.2) is 5.01 Å². The van der Waals surface area contributed by atoms with Gasteiger partial charge in [-0.25, -0.2) is 9.97 Å². The highest BCUT2D eigenvalue weighted by atomic mass is 79.9. The number of thiazole rings is 1. The molecule has 2 aromatic heterocycles. The van der Waals surface area contributed by atoms with Crippen molar-refractivity contribution in [1.29, 1.82) is 0 Å². The summed E-state index contributed by atoms with van der Waals surface area (Å²) < 4.78 is 7.62. The van der Waals surface area contributed by atoms with Gasteiger partial charge < -0.3 is 4.74 Å². The van der Waals surface area contributed by atoms with E-state index in [1.165, 1.54) is 11.3 Å². The smallest absolute Gasteiger partial charge is 0.233 e. The second-order valence-electron chi connectivity index (χ2n) is 6.27. The number of pyridine rings is 1. The Kier molecular flexibility index (Phi) is 4.46. The topological polar surface area (TPSA) is 52.1 Å². The maximum absolute atomic E-state index is 13.0. The van der Waals surface area contributed by atoms with E-state index in [-0.39, 0.29) is 5.78 Å². The van der Waals surface area contributed by atoms with Gasteiger partial charge in [-0.3, -0.25) is 4.79 Å². The van der Waals surface area contributed by atoms with Crippen LogP contribution in [0.3, 0.4) is 0 Å². The number of para-hydroxylation sites is 1. The number of hydrogen-bond acceptors (Lipinski definition) is 5. The van der Waals surface area contributed by atoms with Crippen LogP contribution >= 0.6 is 27.3 Å². The molecule has 0 N–H and O–H groups in total. The minimum atomic E-state index is -0.623. The summed E-state index contributed by atoms with van der Waals surface area (Å²) in [6, 6.07) is 11.5. The second kappa shape index (κ2) is 6.78. The number of hydrogen-bond donors (Lipinski definition) is 0. The molecule has 4 rings (SSSR count). The van der Waals surface area contributed by atoms with Crippen molar-refractivity contribution in [2.24, 2.45) is 5.41 Å². The molecular weight excluding hydrogens is 412 g/mol. The van der Waals surface area contributed by atoms with Crippen molar-refractivity contribution in [2.75, 3.05) is 0 Å². The summed E-state index contributed by atoms with van der Waals surface area (Å²) in [5, 5.41) is 0.545. The summed E-state index contributed by atoms with van der Waals surface area (Å²) in [6.45, 7) is 1.93. The number of nitrogens with zero attached hydrogens (tertiary/aromatic N) is 2. The number of benzene rings is 1. The molecule has 1 aliphatic rings. The number of ketones is 1. The van der Waals surface area contributed by atoms with Crippen LogP contribution in [0.1, 0.15) is 23.1 Å². The highest BCUT2D eigenvalue weighted by Gasteiger charge is 2.34. The Morgan fingerprint density at radius 1 is 1.27 bits per heavy atom. The first-order valence-electron chi connectivity index (χ1n) is 8.13. The molecular formula is C20H15BrN2O2S. The first-order chi connectivity index (χ1) is 12.5. The van der Waals surface area contributed by atoms with Gasteiger partial charge in [0, 0.05) is 6.20 Å². The molecule has 0 amide bonds. The van der Waals surface area contributed by atoms with E-state index in [9.17, 15) is 4.79 Å². The van der Waals surface area contributed by atoms with Crippen LogP contribution in [0.4, 0.5) is 0 Å². The van der Waals surface area contributed by atoms with E-state index >= 15 is 0 Å². The average Bonchev–Trinajstić information content (AvgIpc) is 3.09. The van der Waals surface area contributed by atoms with Crippen LogP contribution in [0.15, 0.2) is 71.1 Å². The van der Waals surface area contributed by atoms with Gasteiger partial charge in [-0.15, -0.1) is 11.3 Å². The molecule has 6 heteroatoms. The lowest BCUT2D eigenvalue weighted by Crippen LogP contribution is -2.27. The van der Waals surface area contributed by atoms with Gasteiger partial charge in [-0.1, -0.05) is 18.2 Å². The van der Waals surface area contributed by atoms with Gasteiger partial charge >= 0.3 is 0 Å². The predicted molar refractivity (Wildman–Crippen MR) is 106 cm³/mol. The summed E-state index contributed by atoms with van der Waals surface area (Å²) >= 11 is 4.86. The van der Waals surface area contributed by atoms with Gasteiger partial charge in [0.2, 0.25) is 11.7 Å². The van der Waals surface area contributed by atoms with Crippen molar-refractivity contribution in [3.05, 3.63) is 76.1 Å². The molecule has 26 heavy (non-hydrogen) atoms. The van der Waals surface area contributed by atoms with Crippen molar-refractivity contribution in [3.63, 3.8) is 0 Å². The number of rotatable bonds is 4. The average molecular weight is 427 g/mol. The van der Waals surface area contributed by atoms with E-state index in [2.05, 4.69) is 25.9 Å². The third-order valence-corrected chi connectivity index (χ3v) is 5.93. The van der Waals surface area contributed by atoms with E-state index in [1.54, 1.807) is 6.20 Å². The monoisotopic (exact) mass is 426 g/mol. The maximum Gasteiger partial charge on any atom is 0.233 e. The number of aromatic nitrogens is 2. The van der Waals surface area contributed by atoms with Crippen LogP contribution in [0.5, 0.6) is 5.88 Å². The minimum absolute atomic E-state index is 0.0317. The molecule has 0 saturated carbocycles. The van der Waals surface area contributed by atoms with Crippen molar-refractivity contribution in [2.45, 2.75) is 13.3 Å². The molecule has 0 aliphatic heterocycles. The van der Waals surface area contributed by atoms with E-state index in [0.29, 0.717) is 23.1 Å². The molecule has 0 spiro atoms. The SMILES string of the molecule is CC1(C(=O)c2nc3ccccc3s2)C=CC(Oc2ncccc2Br)=CC1. The number of Topliss-reactive ketones (excluding diaryl/α,β-unsaturated/α-hetero) is 1. The lowest BCUT2D eigenvalue weighted by molar-refractivity contribution is 0.0869. The standard InChI is InChI=1S/C20H15BrN2O2S/c1-20(17(24)19-23-15-6-2-3-7-16(15)26-19)10-8-13(9-11-20)25-18-14(21)5-4-12-22-18/h2-10,12H,11H2,1H3. The molecule has 1 aromatic carbocycles. The van der Waals surface area contributed by atoms with Crippen LogP contribution in [0, 0.1) is 5.41 Å². The van der Waals surface area contributed by atoms with Gasteiger partial charge in [0.1, 0.15) is 5.76 Å². The third kappa shape index (κ3) is 3.22. The molecule has 1 atom stereocenters. The normalized spacial score (nSPS) is 19.4. The third-order valence-electron chi connectivity index (χ3n) is 4.29. The number of carbonyl (C=O) groups excluding carboxylic acids is 1. The minimum Gasteiger partial charge on any atom is -0.438 e. The van der Waals surface area contributed by atoms with E-state index < -0.39 is 5.41 Å². The Bertz CT molecular complexity index is 1020. The Morgan fingerprint density at radius 3 is 2.85 bits per heavy atom. The molecule has 0 bridgehead atoms. The molecule has 1 unspecified atom stereocenters. The highest BCUT2D eigenvalue weighted by Crippen LogP contribution is 2.36. The summed E-state index contributed by atoms with van der Waals surface area (Å²) in [5.74, 6) is 1.22. The second-order valence-corrected chi connectivity index (χ2v) is 8.15. The molecule has 0 saturated heterocycles. The number of carbonyl (C=O) groups is 1. The zero-order chi connectivity index (χ0) is 18.1. The van der Waals surface area contributed by atoms with E-state index in [0.717, 1.165) is 14.7 Å². The molecule has 0 radical (unpaired) electrons. The van der Waals surface area contributed by atoms with Crippen LogP contribution in [0.2, 0.25) is 0 Å². The zero-order valence-corrected chi connectivity index (χ0v) is 16.4. The number of halogens is 1. The quantitative estimate of drug-likeness (QED) is 0.511. The maximum atomic E-state index is 13.0. The number of allylic oxidation sites excluding steroid dienone is 3. The molecule has 2 heterocycles. The largest absolute Gasteiger partial charge is 0.438 e. The fraction of sp³-hybridized carbons (Fsp3) is 0.150. The fourth-order valence-electron chi connectivity index (χ4n) is 2.73. The van der Waals surface area contributed by atoms with E-state index in [4.69, 9.17) is 4.74 Å². The van der Waals surface area contributed by atoms with Gasteiger partial charge in [-0.05, 0) is 65.7 Å². The highest BCUT2D eigenvalue weighted by molar-refractivity contribution is 9.10. The van der Waals surface area contributed by atoms with Gasteiger partial charge in [-0.2, -0.15) is 0 Å². The van der Waals surface area contributed by atoms with E-state index in [1.807, 2.05) is 61.5 Å². The van der Waals surface area contributed by atoms with Crippen LogP contribution in [-0.2, 0) is 0 Å². The lowest BCUT2D eigenvalue weighted by Gasteiger charge is -2.25. The first kappa shape index (κ1) is 17.1. The fourth-order valence-corrected chi connectivity index (χ4v) is 4.11. The molecule has 0 fully saturated rings. The van der Waals surface area contributed by atoms with Crippen molar-refractivity contribution < 1.29 is 9.53 Å². The lowest BCUT2D eigenvalue weighted by atomic mass is 9.79. The predicted octanol–water partition coefficient (Wildman–Crippen LogP) is 5.57. The van der Waals surface area contributed by atoms with Gasteiger partial charge in [0.05, 0.1) is 20.1 Å². The summed E-state index contributed by atoms with van der Waals surface area (Å²) in [7, 11) is 0. The summed E-state index contributed by atoms with van der Waals surface area (Å²) in [6.07, 6.45) is 7.88. The molecule has 1 aliphatic carbocycles. The molecule has 4 nitrogen and oxygen atoms in total. The number of fused-ring (bicyclic) bond motifs is 1. The van der Waals surface area contributed by atoms with Crippen molar-refractivity contribution in [1.82, 2.24) is 9.97 Å². The Balaban J connectivity index is 1.53. The summed E-state index contributed by atoms with van der Waals surface area (Å²) in [4.78, 5) is 21.7.